The Bertz CT molecular complexity index is 1040. The van der Waals surface area contributed by atoms with Gasteiger partial charge in [0.05, 0.1) is 23.0 Å². The summed E-state index contributed by atoms with van der Waals surface area (Å²) in [6, 6.07) is 17.7. The van der Waals surface area contributed by atoms with Crippen LogP contribution in [0, 0.1) is 5.41 Å². The SMILES string of the molecule is C[C@H]1[C@H](c2ccccc2)N1n1c([C@@H](O)C(C)(C)C)nc2ccccc2c1=O. The van der Waals surface area contributed by atoms with Crippen LogP contribution in [0.15, 0.2) is 59.4 Å². The molecule has 3 atom stereocenters. The van der Waals surface area contributed by atoms with E-state index in [1.807, 2.05) is 62.2 Å². The highest BCUT2D eigenvalue weighted by molar-refractivity contribution is 5.77. The zero-order chi connectivity index (χ0) is 19.3. The molecule has 2 aromatic carbocycles. The molecule has 0 saturated carbocycles. The normalized spacial score (nSPS) is 20.7. The van der Waals surface area contributed by atoms with E-state index >= 15 is 0 Å². The summed E-state index contributed by atoms with van der Waals surface area (Å²) in [5.74, 6) is 0.400. The van der Waals surface area contributed by atoms with E-state index in [9.17, 15) is 9.90 Å². The van der Waals surface area contributed by atoms with Crippen LogP contribution < -0.4 is 10.6 Å². The highest BCUT2D eigenvalue weighted by Gasteiger charge is 2.48. The Morgan fingerprint density at radius 2 is 1.67 bits per heavy atom. The lowest BCUT2D eigenvalue weighted by atomic mass is 9.88. The van der Waals surface area contributed by atoms with Gasteiger partial charge in [-0.3, -0.25) is 9.80 Å². The first-order valence-electron chi connectivity index (χ1n) is 9.34. The number of para-hydroxylation sites is 1. The molecular formula is C22H25N3O2. The second kappa shape index (κ2) is 6.20. The number of aromatic nitrogens is 2. The number of fused-ring (bicyclic) bond motifs is 1. The van der Waals surface area contributed by atoms with Crippen LogP contribution in [0.25, 0.3) is 10.9 Å². The second-order valence-electron chi connectivity index (χ2n) is 8.35. The minimum atomic E-state index is -0.862. The van der Waals surface area contributed by atoms with Gasteiger partial charge in [0, 0.05) is 0 Å². The first kappa shape index (κ1) is 17.7. The van der Waals surface area contributed by atoms with E-state index in [0.717, 1.165) is 5.56 Å². The predicted octanol–water partition coefficient (Wildman–Crippen LogP) is 3.56. The maximum atomic E-state index is 13.4. The fourth-order valence-corrected chi connectivity index (χ4v) is 3.65. The Labute approximate surface area is 158 Å². The zero-order valence-corrected chi connectivity index (χ0v) is 16.1. The standard InChI is InChI=1S/C22H25N3O2/c1-14-18(15-10-6-5-7-11-15)24(14)25-20(19(26)22(2,3)4)23-17-13-9-8-12-16(17)21(25)27/h5-14,18-19,26H,1-4H3/t14-,18+,19+,24?/m0/s1. The highest BCUT2D eigenvalue weighted by Crippen LogP contribution is 2.42. The molecule has 0 unspecified atom stereocenters. The summed E-state index contributed by atoms with van der Waals surface area (Å²) in [7, 11) is 0. The lowest BCUT2D eigenvalue weighted by Gasteiger charge is -2.28. The van der Waals surface area contributed by atoms with Crippen molar-refractivity contribution in [3.05, 3.63) is 76.3 Å². The molecule has 2 heterocycles. The van der Waals surface area contributed by atoms with Crippen molar-refractivity contribution in [3.8, 4) is 0 Å². The Kier molecular flexibility index (Phi) is 4.07. The van der Waals surface area contributed by atoms with E-state index < -0.39 is 11.5 Å². The molecule has 4 rings (SSSR count). The number of hydrogen-bond acceptors (Lipinski definition) is 4. The summed E-state index contributed by atoms with van der Waals surface area (Å²) in [6.45, 7) is 7.93. The first-order valence-corrected chi connectivity index (χ1v) is 9.34. The van der Waals surface area contributed by atoms with E-state index in [-0.39, 0.29) is 17.6 Å². The van der Waals surface area contributed by atoms with Crippen LogP contribution in [0.2, 0.25) is 0 Å². The van der Waals surface area contributed by atoms with Gasteiger partial charge in [-0.15, -0.1) is 0 Å². The molecule has 0 spiro atoms. The fraction of sp³-hybridized carbons (Fsp3) is 0.364. The molecule has 0 aliphatic carbocycles. The third-order valence-corrected chi connectivity index (χ3v) is 5.29. The number of aliphatic hydroxyl groups excluding tert-OH is 1. The van der Waals surface area contributed by atoms with Gasteiger partial charge in [-0.1, -0.05) is 63.2 Å². The second-order valence-corrected chi connectivity index (χ2v) is 8.35. The fourth-order valence-electron chi connectivity index (χ4n) is 3.65. The molecule has 1 fully saturated rings. The van der Waals surface area contributed by atoms with Crippen LogP contribution in [0.1, 0.15) is 51.2 Å². The molecule has 0 bridgehead atoms. The Balaban J connectivity index is 1.91. The van der Waals surface area contributed by atoms with Crippen molar-refractivity contribution in [2.75, 3.05) is 5.01 Å². The predicted molar refractivity (Wildman–Crippen MR) is 107 cm³/mol. The van der Waals surface area contributed by atoms with E-state index in [0.29, 0.717) is 16.7 Å². The summed E-state index contributed by atoms with van der Waals surface area (Å²) in [6.07, 6.45) is -0.862. The van der Waals surface area contributed by atoms with Crippen LogP contribution >= 0.6 is 0 Å². The van der Waals surface area contributed by atoms with Crippen molar-refractivity contribution < 1.29 is 5.11 Å². The molecule has 1 saturated heterocycles. The average molecular weight is 363 g/mol. The van der Waals surface area contributed by atoms with Crippen molar-refractivity contribution in [3.63, 3.8) is 0 Å². The summed E-state index contributed by atoms with van der Waals surface area (Å²) in [5.41, 5.74) is 1.19. The van der Waals surface area contributed by atoms with Crippen LogP contribution in [0.3, 0.4) is 0 Å². The third-order valence-electron chi connectivity index (χ3n) is 5.29. The van der Waals surface area contributed by atoms with Crippen LogP contribution in [0.5, 0.6) is 0 Å². The monoisotopic (exact) mass is 363 g/mol. The van der Waals surface area contributed by atoms with Gasteiger partial charge in [-0.25, -0.2) is 9.66 Å². The van der Waals surface area contributed by atoms with Crippen molar-refractivity contribution >= 4 is 10.9 Å². The Morgan fingerprint density at radius 1 is 1.04 bits per heavy atom. The lowest BCUT2D eigenvalue weighted by Crippen LogP contribution is -2.37. The number of hydrogen-bond donors (Lipinski definition) is 1. The molecule has 3 aromatic rings. The highest BCUT2D eigenvalue weighted by atomic mass is 16.3. The van der Waals surface area contributed by atoms with E-state index in [2.05, 4.69) is 19.1 Å². The van der Waals surface area contributed by atoms with E-state index in [1.165, 1.54) is 0 Å². The van der Waals surface area contributed by atoms with Gasteiger partial charge in [0.1, 0.15) is 6.10 Å². The summed E-state index contributed by atoms with van der Waals surface area (Å²) in [5, 5.41) is 13.6. The molecule has 1 aliphatic heterocycles. The third kappa shape index (κ3) is 2.92. The van der Waals surface area contributed by atoms with Crippen LogP contribution in [-0.2, 0) is 0 Å². The topological polar surface area (TPSA) is 58.1 Å². The molecule has 5 nitrogen and oxygen atoms in total. The minimum absolute atomic E-state index is 0.0952. The molecule has 5 heteroatoms. The molecule has 140 valence electrons. The summed E-state index contributed by atoms with van der Waals surface area (Å²) in [4.78, 5) is 18.1. The largest absolute Gasteiger partial charge is 0.385 e. The van der Waals surface area contributed by atoms with Gasteiger partial charge in [-0.2, -0.15) is 0 Å². The summed E-state index contributed by atoms with van der Waals surface area (Å²) >= 11 is 0. The van der Waals surface area contributed by atoms with Crippen molar-refractivity contribution in [2.24, 2.45) is 5.41 Å². The van der Waals surface area contributed by atoms with Gasteiger partial charge in [-0.05, 0) is 30.0 Å². The zero-order valence-electron chi connectivity index (χ0n) is 16.1. The molecule has 1 aromatic heterocycles. The van der Waals surface area contributed by atoms with Gasteiger partial charge >= 0.3 is 0 Å². The van der Waals surface area contributed by atoms with Crippen molar-refractivity contribution in [1.29, 1.82) is 0 Å². The maximum Gasteiger partial charge on any atom is 0.280 e. The number of aliphatic hydroxyl groups is 1. The first-order chi connectivity index (χ1) is 12.8. The van der Waals surface area contributed by atoms with Crippen LogP contribution in [0.4, 0.5) is 0 Å². The Hall–Kier alpha value is -2.66. The maximum absolute atomic E-state index is 13.4. The smallest absolute Gasteiger partial charge is 0.280 e. The van der Waals surface area contributed by atoms with Gasteiger partial charge in [0.2, 0.25) is 0 Å². The number of rotatable bonds is 3. The Morgan fingerprint density at radius 3 is 2.33 bits per heavy atom. The molecule has 0 radical (unpaired) electrons. The van der Waals surface area contributed by atoms with Gasteiger partial charge in [0.15, 0.2) is 5.82 Å². The molecule has 1 aliphatic rings. The van der Waals surface area contributed by atoms with Crippen LogP contribution in [-0.4, -0.2) is 20.8 Å². The molecule has 1 N–H and O–H groups in total. The average Bonchev–Trinajstić information content (AvgIpc) is 3.31. The molecule has 0 amide bonds. The quantitative estimate of drug-likeness (QED) is 0.723. The van der Waals surface area contributed by atoms with Gasteiger partial charge in [0.25, 0.3) is 5.56 Å². The summed E-state index contributed by atoms with van der Waals surface area (Å²) < 4.78 is 1.60. The minimum Gasteiger partial charge on any atom is -0.385 e. The number of benzene rings is 2. The molecular weight excluding hydrogens is 338 g/mol. The van der Waals surface area contributed by atoms with Gasteiger partial charge < -0.3 is 5.11 Å². The lowest BCUT2D eigenvalue weighted by molar-refractivity contribution is 0.0511. The number of nitrogens with zero attached hydrogens (tertiary/aromatic N) is 3. The van der Waals surface area contributed by atoms with Crippen molar-refractivity contribution in [2.45, 2.75) is 45.9 Å². The van der Waals surface area contributed by atoms with E-state index in [4.69, 9.17) is 4.98 Å². The molecule has 27 heavy (non-hydrogen) atoms. The van der Waals surface area contributed by atoms with E-state index in [1.54, 1.807) is 10.7 Å². The van der Waals surface area contributed by atoms with Crippen molar-refractivity contribution in [1.82, 2.24) is 9.66 Å².